The van der Waals surface area contributed by atoms with Crippen molar-refractivity contribution in [1.29, 1.82) is 0 Å². The molecule has 0 atom stereocenters. The maximum absolute atomic E-state index is 11.6. The van der Waals surface area contributed by atoms with Gasteiger partial charge in [0.2, 0.25) is 0 Å². The number of rotatable bonds is 1. The first-order chi connectivity index (χ1) is 7.11. The number of thioether (sulfide) groups is 1. The van der Waals surface area contributed by atoms with Crippen molar-refractivity contribution < 1.29 is 0 Å². The van der Waals surface area contributed by atoms with Crippen molar-refractivity contribution in [1.82, 2.24) is 19.9 Å². The van der Waals surface area contributed by atoms with E-state index in [1.807, 2.05) is 20.1 Å². The lowest BCUT2D eigenvalue weighted by molar-refractivity contribution is 0.939. The fraction of sp³-hybridized carbons (Fsp3) is 0.333. The zero-order valence-electron chi connectivity index (χ0n) is 8.66. The number of hydrogen-bond acceptors (Lipinski definition) is 5. The maximum Gasteiger partial charge on any atom is 0.279 e. The predicted molar refractivity (Wildman–Crippen MR) is 59.2 cm³/mol. The fourth-order valence-corrected chi connectivity index (χ4v) is 1.57. The van der Waals surface area contributed by atoms with Crippen molar-refractivity contribution >= 4 is 22.9 Å². The van der Waals surface area contributed by atoms with Crippen LogP contribution in [0.1, 0.15) is 11.4 Å². The normalized spacial score (nSPS) is 10.9. The smallest absolute Gasteiger partial charge is 0.279 e. The topological polar surface area (TPSA) is 71.5 Å². The number of fused-ring (bicyclic) bond motifs is 1. The molecule has 0 amide bonds. The first kappa shape index (κ1) is 10.1. The molecular formula is C9H10N4OS. The molecule has 0 aromatic carbocycles. The van der Waals surface area contributed by atoms with Crippen LogP contribution in [0.3, 0.4) is 0 Å². The van der Waals surface area contributed by atoms with Crippen LogP contribution >= 0.6 is 11.8 Å². The molecule has 2 rings (SSSR count). The van der Waals surface area contributed by atoms with E-state index in [2.05, 4.69) is 19.9 Å². The summed E-state index contributed by atoms with van der Waals surface area (Å²) in [6, 6.07) is 0. The third kappa shape index (κ3) is 1.72. The van der Waals surface area contributed by atoms with Crippen LogP contribution in [0.5, 0.6) is 0 Å². The Labute approximate surface area is 90.4 Å². The SMILES string of the molecule is CSc1nc2nc(C)c(C)nc2c(=O)[nH]1. The summed E-state index contributed by atoms with van der Waals surface area (Å²) in [5.74, 6) is 0. The van der Waals surface area contributed by atoms with Gasteiger partial charge in [-0.05, 0) is 20.1 Å². The van der Waals surface area contributed by atoms with E-state index < -0.39 is 0 Å². The Bertz CT molecular complexity index is 578. The molecule has 0 aliphatic heterocycles. The number of hydrogen-bond donors (Lipinski definition) is 1. The number of aromatic nitrogens is 4. The molecular weight excluding hydrogens is 212 g/mol. The van der Waals surface area contributed by atoms with E-state index in [0.717, 1.165) is 11.4 Å². The molecule has 1 N–H and O–H groups in total. The summed E-state index contributed by atoms with van der Waals surface area (Å²) in [4.78, 5) is 26.9. The summed E-state index contributed by atoms with van der Waals surface area (Å²) in [5.41, 5.74) is 2.03. The van der Waals surface area contributed by atoms with Gasteiger partial charge in [-0.1, -0.05) is 11.8 Å². The summed E-state index contributed by atoms with van der Waals surface area (Å²) < 4.78 is 0. The van der Waals surface area contributed by atoms with Crippen LogP contribution in [0, 0.1) is 13.8 Å². The zero-order chi connectivity index (χ0) is 11.0. The molecule has 0 spiro atoms. The number of nitrogens with one attached hydrogen (secondary N) is 1. The fourth-order valence-electron chi connectivity index (χ4n) is 1.20. The first-order valence-corrected chi connectivity index (χ1v) is 5.63. The highest BCUT2D eigenvalue weighted by Gasteiger charge is 2.07. The number of aromatic amines is 1. The summed E-state index contributed by atoms with van der Waals surface area (Å²) in [6.07, 6.45) is 1.85. The summed E-state index contributed by atoms with van der Waals surface area (Å²) in [7, 11) is 0. The van der Waals surface area contributed by atoms with Gasteiger partial charge in [0.25, 0.3) is 5.56 Å². The van der Waals surface area contributed by atoms with E-state index in [9.17, 15) is 4.79 Å². The molecule has 2 aromatic rings. The van der Waals surface area contributed by atoms with Crippen LogP contribution in [-0.4, -0.2) is 26.2 Å². The van der Waals surface area contributed by atoms with E-state index in [-0.39, 0.29) is 5.56 Å². The van der Waals surface area contributed by atoms with Crippen LogP contribution in [0.2, 0.25) is 0 Å². The Morgan fingerprint density at radius 1 is 1.13 bits per heavy atom. The minimum atomic E-state index is -0.236. The van der Waals surface area contributed by atoms with Gasteiger partial charge < -0.3 is 0 Å². The monoisotopic (exact) mass is 222 g/mol. The Morgan fingerprint density at radius 2 is 1.80 bits per heavy atom. The van der Waals surface area contributed by atoms with Crippen molar-refractivity contribution in [3.63, 3.8) is 0 Å². The van der Waals surface area contributed by atoms with Crippen molar-refractivity contribution in [2.45, 2.75) is 19.0 Å². The molecule has 78 valence electrons. The molecule has 5 nitrogen and oxygen atoms in total. The third-order valence-corrected chi connectivity index (χ3v) is 2.70. The quantitative estimate of drug-likeness (QED) is 0.577. The minimum Gasteiger partial charge on any atom is -0.299 e. The van der Waals surface area contributed by atoms with Gasteiger partial charge in [0.15, 0.2) is 16.3 Å². The lowest BCUT2D eigenvalue weighted by Crippen LogP contribution is -2.13. The lowest BCUT2D eigenvalue weighted by Gasteiger charge is -2.01. The molecule has 0 fully saturated rings. The molecule has 2 aromatic heterocycles. The van der Waals surface area contributed by atoms with Crippen LogP contribution in [0.15, 0.2) is 9.95 Å². The second-order valence-electron chi connectivity index (χ2n) is 3.14. The molecule has 0 aliphatic rings. The molecule has 0 radical (unpaired) electrons. The zero-order valence-corrected chi connectivity index (χ0v) is 9.47. The van der Waals surface area contributed by atoms with Crippen molar-refractivity contribution in [2.75, 3.05) is 6.26 Å². The highest BCUT2D eigenvalue weighted by Crippen LogP contribution is 2.10. The summed E-state index contributed by atoms with van der Waals surface area (Å²) in [6.45, 7) is 3.67. The van der Waals surface area contributed by atoms with E-state index in [4.69, 9.17) is 0 Å². The Hall–Kier alpha value is -1.43. The molecule has 2 heterocycles. The molecule has 0 unspecified atom stereocenters. The Morgan fingerprint density at radius 3 is 2.47 bits per heavy atom. The molecule has 15 heavy (non-hydrogen) atoms. The number of aryl methyl sites for hydroxylation is 2. The van der Waals surface area contributed by atoms with Gasteiger partial charge in [-0.2, -0.15) is 0 Å². The maximum atomic E-state index is 11.6. The van der Waals surface area contributed by atoms with Crippen molar-refractivity contribution in [3.05, 3.63) is 21.7 Å². The van der Waals surface area contributed by atoms with Gasteiger partial charge in [0.1, 0.15) is 0 Å². The van der Waals surface area contributed by atoms with Gasteiger partial charge in [-0.3, -0.25) is 9.78 Å². The van der Waals surface area contributed by atoms with Crippen LogP contribution < -0.4 is 5.56 Å². The van der Waals surface area contributed by atoms with Crippen molar-refractivity contribution in [3.8, 4) is 0 Å². The highest BCUT2D eigenvalue weighted by atomic mass is 32.2. The number of H-pyrrole nitrogens is 1. The van der Waals surface area contributed by atoms with E-state index in [1.165, 1.54) is 11.8 Å². The van der Waals surface area contributed by atoms with E-state index in [1.54, 1.807) is 0 Å². The molecule has 0 saturated carbocycles. The average molecular weight is 222 g/mol. The van der Waals surface area contributed by atoms with Crippen molar-refractivity contribution in [2.24, 2.45) is 0 Å². The minimum absolute atomic E-state index is 0.236. The lowest BCUT2D eigenvalue weighted by atomic mass is 10.3. The Kier molecular flexibility index (Phi) is 2.44. The molecule has 0 saturated heterocycles. The van der Waals surface area contributed by atoms with Gasteiger partial charge in [-0.15, -0.1) is 0 Å². The van der Waals surface area contributed by atoms with Gasteiger partial charge in [-0.25, -0.2) is 15.0 Å². The third-order valence-electron chi connectivity index (χ3n) is 2.12. The predicted octanol–water partition coefficient (Wildman–Crippen LogP) is 1.05. The number of nitrogens with zero attached hydrogens (tertiary/aromatic N) is 3. The molecule has 0 bridgehead atoms. The van der Waals surface area contributed by atoms with Crippen LogP contribution in [-0.2, 0) is 0 Å². The average Bonchev–Trinajstić information content (AvgIpc) is 2.21. The summed E-state index contributed by atoms with van der Waals surface area (Å²) >= 11 is 1.37. The first-order valence-electron chi connectivity index (χ1n) is 4.41. The van der Waals surface area contributed by atoms with E-state index in [0.29, 0.717) is 16.3 Å². The second kappa shape index (κ2) is 3.62. The van der Waals surface area contributed by atoms with Gasteiger partial charge >= 0.3 is 0 Å². The second-order valence-corrected chi connectivity index (χ2v) is 3.94. The van der Waals surface area contributed by atoms with Gasteiger partial charge in [0.05, 0.1) is 11.4 Å². The van der Waals surface area contributed by atoms with E-state index >= 15 is 0 Å². The molecule has 6 heteroatoms. The standard InChI is InChI=1S/C9H10N4OS/c1-4-5(2)11-7-6(10-4)8(14)13-9(12-7)15-3/h1-3H3,(H,11,12,13,14). The summed E-state index contributed by atoms with van der Waals surface area (Å²) in [5, 5.41) is 0.560. The Balaban J connectivity index is 2.86. The van der Waals surface area contributed by atoms with Crippen LogP contribution in [0.4, 0.5) is 0 Å². The van der Waals surface area contributed by atoms with Gasteiger partial charge in [0, 0.05) is 0 Å². The largest absolute Gasteiger partial charge is 0.299 e. The van der Waals surface area contributed by atoms with Crippen LogP contribution in [0.25, 0.3) is 11.2 Å². The highest BCUT2D eigenvalue weighted by molar-refractivity contribution is 7.98. The molecule has 0 aliphatic carbocycles.